The Kier molecular flexibility index (Phi) is 5.74. The zero-order chi connectivity index (χ0) is 20.2. The van der Waals surface area contributed by atoms with Crippen molar-refractivity contribution in [2.75, 3.05) is 25.5 Å². The SMILES string of the molecule is CN(C)c1cccc(CC[C@@H]2CCCCN2C(=O)c2cnc3ccccc3c2)n1. The first-order chi connectivity index (χ1) is 14.1. The number of benzene rings is 1. The Balaban J connectivity index is 1.49. The van der Waals surface area contributed by atoms with Crippen LogP contribution < -0.4 is 4.90 Å². The Labute approximate surface area is 172 Å². The van der Waals surface area contributed by atoms with Crippen LogP contribution in [0.5, 0.6) is 0 Å². The van der Waals surface area contributed by atoms with Gasteiger partial charge in [0.05, 0.1) is 11.1 Å². The number of nitrogens with zero attached hydrogens (tertiary/aromatic N) is 4. The van der Waals surface area contributed by atoms with Crippen molar-refractivity contribution in [1.29, 1.82) is 0 Å². The van der Waals surface area contributed by atoms with Crippen molar-refractivity contribution < 1.29 is 4.79 Å². The number of piperidine rings is 1. The lowest BCUT2D eigenvalue weighted by molar-refractivity contribution is 0.0601. The van der Waals surface area contributed by atoms with Crippen molar-refractivity contribution in [2.24, 2.45) is 0 Å². The molecule has 0 N–H and O–H groups in total. The van der Waals surface area contributed by atoms with E-state index in [0.717, 1.165) is 54.6 Å². The van der Waals surface area contributed by atoms with Crippen LogP contribution in [0.4, 0.5) is 5.82 Å². The Morgan fingerprint density at radius 2 is 2.00 bits per heavy atom. The molecule has 4 rings (SSSR count). The van der Waals surface area contributed by atoms with Crippen LogP contribution in [0, 0.1) is 0 Å². The minimum atomic E-state index is 0.1000. The van der Waals surface area contributed by atoms with Crippen LogP contribution in [0.2, 0.25) is 0 Å². The molecule has 2 aromatic heterocycles. The summed E-state index contributed by atoms with van der Waals surface area (Å²) >= 11 is 0. The van der Waals surface area contributed by atoms with Crippen LogP contribution in [0.1, 0.15) is 41.7 Å². The van der Waals surface area contributed by atoms with Gasteiger partial charge in [0, 0.05) is 44.0 Å². The zero-order valence-corrected chi connectivity index (χ0v) is 17.2. The minimum absolute atomic E-state index is 0.1000. The summed E-state index contributed by atoms with van der Waals surface area (Å²) in [4.78, 5) is 26.6. The van der Waals surface area contributed by atoms with Crippen molar-refractivity contribution in [3.05, 3.63) is 66.0 Å². The van der Waals surface area contributed by atoms with Gasteiger partial charge < -0.3 is 9.80 Å². The average molecular weight is 389 g/mol. The van der Waals surface area contributed by atoms with Gasteiger partial charge in [0.25, 0.3) is 5.91 Å². The van der Waals surface area contributed by atoms with E-state index < -0.39 is 0 Å². The van der Waals surface area contributed by atoms with E-state index in [4.69, 9.17) is 4.98 Å². The number of pyridine rings is 2. The van der Waals surface area contributed by atoms with E-state index in [0.29, 0.717) is 5.56 Å². The van der Waals surface area contributed by atoms with Gasteiger partial charge in [-0.1, -0.05) is 24.3 Å². The number of fused-ring (bicyclic) bond motifs is 1. The smallest absolute Gasteiger partial charge is 0.255 e. The number of rotatable bonds is 5. The molecule has 5 heteroatoms. The summed E-state index contributed by atoms with van der Waals surface area (Å²) in [7, 11) is 4.01. The first kappa shape index (κ1) is 19.4. The van der Waals surface area contributed by atoms with Crippen LogP contribution in [-0.2, 0) is 6.42 Å². The van der Waals surface area contributed by atoms with Crippen LogP contribution in [-0.4, -0.2) is 47.5 Å². The van der Waals surface area contributed by atoms with Gasteiger partial charge in [-0.2, -0.15) is 0 Å². The van der Waals surface area contributed by atoms with Crippen LogP contribution in [0.15, 0.2) is 54.7 Å². The quantitative estimate of drug-likeness (QED) is 0.653. The number of anilines is 1. The Hall–Kier alpha value is -2.95. The molecule has 3 heterocycles. The fraction of sp³-hybridized carbons (Fsp3) is 0.375. The number of carbonyl (C=O) groups is 1. The molecule has 1 atom stereocenters. The first-order valence-electron chi connectivity index (χ1n) is 10.4. The summed E-state index contributed by atoms with van der Waals surface area (Å²) in [5.41, 5.74) is 2.69. The molecule has 29 heavy (non-hydrogen) atoms. The molecule has 0 aliphatic carbocycles. The van der Waals surface area contributed by atoms with Gasteiger partial charge in [-0.15, -0.1) is 0 Å². The maximum Gasteiger partial charge on any atom is 0.255 e. The maximum atomic E-state index is 13.3. The highest BCUT2D eigenvalue weighted by molar-refractivity contribution is 5.97. The summed E-state index contributed by atoms with van der Waals surface area (Å²) < 4.78 is 0. The zero-order valence-electron chi connectivity index (χ0n) is 17.2. The van der Waals surface area contributed by atoms with E-state index in [9.17, 15) is 4.79 Å². The number of likely N-dealkylation sites (tertiary alicyclic amines) is 1. The van der Waals surface area contributed by atoms with E-state index in [1.54, 1.807) is 6.20 Å². The molecule has 1 aliphatic heterocycles. The van der Waals surface area contributed by atoms with E-state index in [2.05, 4.69) is 22.0 Å². The number of carbonyl (C=O) groups excluding carboxylic acids is 1. The molecule has 1 aromatic carbocycles. The van der Waals surface area contributed by atoms with E-state index >= 15 is 0 Å². The number of aromatic nitrogens is 2. The lowest BCUT2D eigenvalue weighted by Crippen LogP contribution is -2.44. The molecule has 1 aliphatic rings. The van der Waals surface area contributed by atoms with Crippen LogP contribution in [0.25, 0.3) is 10.9 Å². The summed E-state index contributed by atoms with van der Waals surface area (Å²) in [6.45, 7) is 0.821. The second-order valence-corrected chi connectivity index (χ2v) is 7.99. The lowest BCUT2D eigenvalue weighted by atomic mass is 9.96. The number of amides is 1. The Morgan fingerprint density at radius 3 is 2.86 bits per heavy atom. The van der Waals surface area contributed by atoms with E-state index in [-0.39, 0.29) is 11.9 Å². The third-order valence-corrected chi connectivity index (χ3v) is 5.71. The second kappa shape index (κ2) is 8.60. The third kappa shape index (κ3) is 4.39. The van der Waals surface area contributed by atoms with Gasteiger partial charge in [-0.3, -0.25) is 9.78 Å². The van der Waals surface area contributed by atoms with Crippen molar-refractivity contribution in [3.63, 3.8) is 0 Å². The van der Waals surface area contributed by atoms with Gasteiger partial charge in [-0.25, -0.2) is 4.98 Å². The fourth-order valence-corrected chi connectivity index (χ4v) is 4.09. The van der Waals surface area contributed by atoms with Gasteiger partial charge >= 0.3 is 0 Å². The molecule has 0 unspecified atom stereocenters. The minimum Gasteiger partial charge on any atom is -0.363 e. The molecule has 0 bridgehead atoms. The third-order valence-electron chi connectivity index (χ3n) is 5.71. The van der Waals surface area contributed by atoms with E-state index in [1.165, 1.54) is 6.42 Å². The molecule has 0 radical (unpaired) electrons. The molecule has 0 spiro atoms. The maximum absolute atomic E-state index is 13.3. The summed E-state index contributed by atoms with van der Waals surface area (Å²) in [5.74, 6) is 1.07. The Bertz CT molecular complexity index is 1000. The highest BCUT2D eigenvalue weighted by Gasteiger charge is 2.27. The Morgan fingerprint density at radius 1 is 1.14 bits per heavy atom. The summed E-state index contributed by atoms with van der Waals surface area (Å²) in [6.07, 6.45) is 6.84. The summed E-state index contributed by atoms with van der Waals surface area (Å²) in [5, 5.41) is 1.01. The predicted octanol–water partition coefficient (Wildman–Crippen LogP) is 4.32. The number of para-hydroxylation sites is 1. The van der Waals surface area contributed by atoms with Crippen LogP contribution >= 0.6 is 0 Å². The van der Waals surface area contributed by atoms with Crippen molar-refractivity contribution >= 4 is 22.6 Å². The van der Waals surface area contributed by atoms with Gasteiger partial charge in [0.1, 0.15) is 5.82 Å². The number of hydrogen-bond donors (Lipinski definition) is 0. The monoisotopic (exact) mass is 388 g/mol. The number of hydrogen-bond acceptors (Lipinski definition) is 4. The number of aryl methyl sites for hydroxylation is 1. The largest absolute Gasteiger partial charge is 0.363 e. The van der Waals surface area contributed by atoms with Gasteiger partial charge in [-0.05, 0) is 56.4 Å². The van der Waals surface area contributed by atoms with Crippen molar-refractivity contribution in [2.45, 2.75) is 38.1 Å². The second-order valence-electron chi connectivity index (χ2n) is 7.99. The van der Waals surface area contributed by atoms with Gasteiger partial charge in [0.2, 0.25) is 0 Å². The molecule has 1 saturated heterocycles. The van der Waals surface area contributed by atoms with Crippen molar-refractivity contribution in [1.82, 2.24) is 14.9 Å². The average Bonchev–Trinajstić information content (AvgIpc) is 2.77. The molecule has 0 saturated carbocycles. The molecular weight excluding hydrogens is 360 g/mol. The molecule has 1 amide bonds. The summed E-state index contributed by atoms with van der Waals surface area (Å²) in [6, 6.07) is 16.3. The molecule has 5 nitrogen and oxygen atoms in total. The predicted molar refractivity (Wildman–Crippen MR) is 117 cm³/mol. The molecule has 3 aromatic rings. The molecule has 1 fully saturated rings. The normalized spacial score (nSPS) is 16.8. The lowest BCUT2D eigenvalue weighted by Gasteiger charge is -2.36. The van der Waals surface area contributed by atoms with E-state index in [1.807, 2.05) is 55.4 Å². The van der Waals surface area contributed by atoms with Crippen molar-refractivity contribution in [3.8, 4) is 0 Å². The highest BCUT2D eigenvalue weighted by Crippen LogP contribution is 2.24. The first-order valence-corrected chi connectivity index (χ1v) is 10.4. The molecule has 150 valence electrons. The molecular formula is C24H28N4O. The standard InChI is InChI=1S/C24H28N4O/c1-27(2)23-12-7-9-20(26-23)13-14-21-10-5-6-15-28(21)24(29)19-16-18-8-3-4-11-22(18)25-17-19/h3-4,7-9,11-12,16-17,21H,5-6,10,13-15H2,1-2H3/t21-/m0/s1. The fourth-order valence-electron chi connectivity index (χ4n) is 4.09. The van der Waals surface area contributed by atoms with Crippen LogP contribution in [0.3, 0.4) is 0 Å². The topological polar surface area (TPSA) is 49.3 Å². The highest BCUT2D eigenvalue weighted by atomic mass is 16.2. The van der Waals surface area contributed by atoms with Gasteiger partial charge in [0.15, 0.2) is 0 Å².